The second kappa shape index (κ2) is 84.4. The van der Waals surface area contributed by atoms with Crippen molar-refractivity contribution in [2.75, 3.05) is 98.7 Å². The van der Waals surface area contributed by atoms with E-state index < -0.39 is 124 Å². The number of Topliss-reactive ketones (excluding diaryl/α,β-unsaturated/α-hetero) is 1. The molecule has 13 amide bonds. The SMILES string of the molecule is CCCCCCCC/C=C\CCCCCCCC(=O)NC(CCCCNC(=O)C(CCCCNC(=O)C(CCCCNC(=O)OC(C)(C)C)NC(=O)OC(C)(C)C)NC(=O)OC(C)(C)C)C(=O)NCCCN1CCN(CCCNC)CC1.CCCCCCCC/C=C\CCCCCCCC(=O)NC(CCCCNC(=O)C(CCCCNC(=O)C(CCCCNC(=O)OC(C)(C)C)NC(=O)OC(C)(C)C)NC(=O)OC(C)(C)C)C(C)=O. The van der Waals surface area contributed by atoms with Gasteiger partial charge in [-0.2, -0.15) is 0 Å². The van der Waals surface area contributed by atoms with E-state index in [2.05, 4.69) is 122 Å². The number of rotatable bonds is 80. The highest BCUT2D eigenvalue weighted by atomic mass is 16.6. The normalized spacial score (nSPS) is 13.9. The summed E-state index contributed by atoms with van der Waals surface area (Å²) in [6.45, 7) is 46.8. The van der Waals surface area contributed by atoms with Crippen molar-refractivity contribution in [3.05, 3.63) is 24.3 Å². The maximum atomic E-state index is 13.7. The van der Waals surface area contributed by atoms with Crippen LogP contribution in [-0.2, 0) is 66.8 Å². The summed E-state index contributed by atoms with van der Waals surface area (Å²) in [5, 5.41) is 39.9. The molecule has 1 fully saturated rings. The van der Waals surface area contributed by atoms with Crippen LogP contribution in [0.2, 0.25) is 0 Å². The Bertz CT molecular complexity index is 3750. The van der Waals surface area contributed by atoms with E-state index in [-0.39, 0.29) is 61.9 Å². The minimum absolute atomic E-state index is 0.107. The molecule has 870 valence electrons. The molecule has 0 saturated carbocycles. The van der Waals surface area contributed by atoms with Gasteiger partial charge in [-0.3, -0.25) is 38.4 Å². The van der Waals surface area contributed by atoms with Crippen LogP contribution in [0.5, 0.6) is 0 Å². The number of hydrogen-bond acceptors (Lipinski definition) is 23. The van der Waals surface area contributed by atoms with Gasteiger partial charge in [-0.25, -0.2) is 28.8 Å². The van der Waals surface area contributed by atoms with Crippen molar-refractivity contribution < 1.29 is 95.5 Å². The summed E-state index contributed by atoms with van der Waals surface area (Å²) in [5.41, 5.74) is -4.36. The van der Waals surface area contributed by atoms with E-state index >= 15 is 0 Å². The van der Waals surface area contributed by atoms with Crippen molar-refractivity contribution in [1.29, 1.82) is 0 Å². The molecule has 0 aliphatic carbocycles. The van der Waals surface area contributed by atoms with Crippen molar-refractivity contribution in [1.82, 2.24) is 84.2 Å². The molecule has 1 aliphatic heterocycles. The van der Waals surface area contributed by atoms with Crippen molar-refractivity contribution >= 4 is 83.7 Å². The van der Waals surface area contributed by atoms with Crippen molar-refractivity contribution in [2.24, 2.45) is 0 Å². The lowest BCUT2D eigenvalue weighted by Gasteiger charge is -2.34. The first kappa shape index (κ1) is 141. The van der Waals surface area contributed by atoms with Crippen LogP contribution in [0.4, 0.5) is 28.8 Å². The zero-order chi connectivity index (χ0) is 113. The number of alkyl carbamates (subject to hydrolysis) is 6. The molecule has 1 rings (SSSR count). The highest BCUT2D eigenvalue weighted by Gasteiger charge is 2.32. The van der Waals surface area contributed by atoms with Gasteiger partial charge < -0.3 is 113 Å². The summed E-state index contributed by atoms with van der Waals surface area (Å²) in [4.78, 5) is 186. The molecule has 6 atom stereocenters. The van der Waals surface area contributed by atoms with E-state index in [4.69, 9.17) is 28.4 Å². The molecule has 1 heterocycles. The average molecular weight is 2130 g/mol. The molecule has 0 radical (unpaired) electrons. The van der Waals surface area contributed by atoms with Gasteiger partial charge in [-0.1, -0.05) is 141 Å². The van der Waals surface area contributed by atoms with E-state index in [0.717, 1.165) is 136 Å². The van der Waals surface area contributed by atoms with Gasteiger partial charge in [0.25, 0.3) is 0 Å². The lowest BCUT2D eigenvalue weighted by molar-refractivity contribution is -0.129. The molecular formula is C114H214N16O20. The molecule has 6 unspecified atom stereocenters. The summed E-state index contributed by atoms with van der Waals surface area (Å²) in [7, 11) is 1.98. The zero-order valence-electron chi connectivity index (χ0n) is 97.7. The minimum Gasteiger partial charge on any atom is -0.444 e. The first-order valence-electron chi connectivity index (χ1n) is 57.6. The van der Waals surface area contributed by atoms with Gasteiger partial charge in [0, 0.05) is 84.8 Å². The highest BCUT2D eigenvalue weighted by molar-refractivity contribution is 5.90. The van der Waals surface area contributed by atoms with Gasteiger partial charge in [0.05, 0.1) is 6.04 Å². The van der Waals surface area contributed by atoms with E-state index in [0.29, 0.717) is 142 Å². The van der Waals surface area contributed by atoms with Crippen LogP contribution in [0.1, 0.15) is 454 Å². The first-order chi connectivity index (χ1) is 70.8. The Labute approximate surface area is 905 Å². The number of nitrogens with one attached hydrogen (secondary N) is 14. The van der Waals surface area contributed by atoms with Crippen LogP contribution in [0.15, 0.2) is 24.3 Å². The molecule has 36 nitrogen and oxygen atoms in total. The molecule has 0 aromatic heterocycles. The fraction of sp³-hybridized carbons (Fsp3) is 0.842. The largest absolute Gasteiger partial charge is 0.444 e. The molecule has 0 aromatic carbocycles. The quantitative estimate of drug-likeness (QED) is 0.0153. The zero-order valence-corrected chi connectivity index (χ0v) is 97.7. The van der Waals surface area contributed by atoms with E-state index in [1.54, 1.807) is 125 Å². The van der Waals surface area contributed by atoms with Crippen LogP contribution in [0.25, 0.3) is 0 Å². The van der Waals surface area contributed by atoms with Gasteiger partial charge in [0.15, 0.2) is 5.78 Å². The van der Waals surface area contributed by atoms with Crippen LogP contribution in [-0.4, -0.2) is 262 Å². The molecule has 150 heavy (non-hydrogen) atoms. The monoisotopic (exact) mass is 2130 g/mol. The molecule has 14 N–H and O–H groups in total. The topological polar surface area (TPSA) is 469 Å². The smallest absolute Gasteiger partial charge is 0.408 e. The number of hydrogen-bond donors (Lipinski definition) is 14. The number of carbonyl (C=O) groups excluding carboxylic acids is 14. The molecule has 1 aliphatic rings. The van der Waals surface area contributed by atoms with Gasteiger partial charge in [-0.05, 0) is 351 Å². The maximum absolute atomic E-state index is 13.7. The number of ketones is 1. The third-order valence-electron chi connectivity index (χ3n) is 24.2. The number of amides is 13. The average Bonchev–Trinajstić information content (AvgIpc) is 0.906. The third-order valence-corrected chi connectivity index (χ3v) is 24.2. The van der Waals surface area contributed by atoms with Crippen LogP contribution < -0.4 is 74.4 Å². The first-order valence-corrected chi connectivity index (χ1v) is 57.6. The highest BCUT2D eigenvalue weighted by Crippen LogP contribution is 2.20. The molecule has 0 spiro atoms. The Morgan fingerprint density at radius 2 is 0.447 bits per heavy atom. The Morgan fingerprint density at radius 3 is 0.693 bits per heavy atom. The molecule has 0 aromatic rings. The Morgan fingerprint density at radius 1 is 0.240 bits per heavy atom. The lowest BCUT2D eigenvalue weighted by Crippen LogP contribution is -2.49. The molecular weight excluding hydrogens is 1910 g/mol. The third kappa shape index (κ3) is 88.4. The van der Waals surface area contributed by atoms with Crippen molar-refractivity contribution in [3.8, 4) is 0 Å². The van der Waals surface area contributed by atoms with Gasteiger partial charge in [0.2, 0.25) is 41.4 Å². The fourth-order valence-corrected chi connectivity index (χ4v) is 16.3. The second-order valence-electron chi connectivity index (χ2n) is 46.1. The number of allylic oxidation sites excluding steroid dienone is 4. The minimum atomic E-state index is -0.928. The Hall–Kier alpha value is -9.06. The number of unbranched alkanes of at least 4 members (excludes halogenated alkanes) is 28. The molecule has 36 heteroatoms. The van der Waals surface area contributed by atoms with E-state index in [1.807, 2.05) is 7.05 Å². The summed E-state index contributed by atoms with van der Waals surface area (Å²) >= 11 is 0. The number of piperazine rings is 1. The summed E-state index contributed by atoms with van der Waals surface area (Å²) in [6.07, 6.45) is 46.8. The van der Waals surface area contributed by atoms with Crippen LogP contribution in [0, 0.1) is 0 Å². The fourth-order valence-electron chi connectivity index (χ4n) is 16.3. The van der Waals surface area contributed by atoms with Gasteiger partial charge in [-0.15, -0.1) is 0 Å². The number of ether oxygens (including phenoxy) is 6. The standard InChI is InChI=1S/C62H118N10O10.C52H96N6O10/c1-12-13-14-15-16-17-18-19-20-21-22-23-24-25-26-38-53(73)68-50(54(74)66-43-34-45-72-48-46-71(47-49-72)44-33-39-63-11)35-27-30-40-64-55(75)51(69-58(78)81-61(5,6)7)36-28-31-41-65-56(76)52(70-59(79)82-62(8,9)10)37-29-32-42-67-57(77)80-60(2,3)4;1-12-13-14-15-16-17-18-19-20-21-22-23-24-25-26-36-44(60)56-41(40(2)59)33-27-30-37-53-45(61)42(57-48(64)67-51(6,7)8)34-28-31-38-54-46(62)43(58-49(65)68-52(9,10)11)35-29-32-39-55-47(63)66-50(3,4)5/h19-20,50-52,63H,12-18,21-49H2,1-11H3,(H,64,75)(H,65,76)(H,66,74)(H,67,77)(H,68,73)(H,69,78)(H,70,79);19-20,41-43H,12-18,21-39H2,1-11H3,(H,53,61)(H,54,62)(H,55,63)(H,56,60)(H,57,64)(H,58,65)/b2*20-19-. The van der Waals surface area contributed by atoms with E-state index in [9.17, 15) is 67.1 Å². The summed E-state index contributed by atoms with van der Waals surface area (Å²) < 4.78 is 32.2. The van der Waals surface area contributed by atoms with Crippen molar-refractivity contribution in [3.63, 3.8) is 0 Å². The Kier molecular flexibility index (Phi) is 79.3. The van der Waals surface area contributed by atoms with E-state index in [1.165, 1.54) is 96.8 Å². The van der Waals surface area contributed by atoms with Crippen LogP contribution >= 0.6 is 0 Å². The lowest BCUT2D eigenvalue weighted by atomic mass is 10.0. The number of carbonyl (C=O) groups is 14. The summed E-state index contributed by atoms with van der Waals surface area (Å²) in [5.74, 6) is -2.14. The molecule has 1 saturated heterocycles. The predicted molar refractivity (Wildman–Crippen MR) is 599 cm³/mol. The van der Waals surface area contributed by atoms with Crippen molar-refractivity contribution in [2.45, 2.75) is 523 Å². The van der Waals surface area contributed by atoms with Gasteiger partial charge >= 0.3 is 36.6 Å². The Balaban J connectivity index is 0.00000301. The van der Waals surface area contributed by atoms with Gasteiger partial charge in [0.1, 0.15) is 63.8 Å². The van der Waals surface area contributed by atoms with Crippen LogP contribution in [0.3, 0.4) is 0 Å². The maximum Gasteiger partial charge on any atom is 0.408 e. The second-order valence-corrected chi connectivity index (χ2v) is 46.1. The number of nitrogens with zero attached hydrogens (tertiary/aromatic N) is 2. The summed E-state index contributed by atoms with van der Waals surface area (Å²) in [6, 6.07) is -4.90. The molecule has 0 bridgehead atoms. The predicted octanol–water partition coefficient (Wildman–Crippen LogP) is 19.4.